The summed E-state index contributed by atoms with van der Waals surface area (Å²) in [6, 6.07) is 22.6. The zero-order valence-corrected chi connectivity index (χ0v) is 18.0. The lowest BCUT2D eigenvalue weighted by molar-refractivity contribution is -0.929. The number of amides is 1. The van der Waals surface area contributed by atoms with Crippen molar-refractivity contribution in [3.8, 4) is 0 Å². The van der Waals surface area contributed by atoms with Gasteiger partial charge >= 0.3 is 0 Å². The number of aromatic nitrogens is 2. The highest BCUT2D eigenvalue weighted by Gasteiger charge is 2.31. The van der Waals surface area contributed by atoms with Gasteiger partial charge in [-0.2, -0.15) is 0 Å². The number of nitrogens with two attached hydrogens (primary N) is 1. The number of benzene rings is 2. The fourth-order valence-corrected chi connectivity index (χ4v) is 4.82. The molecule has 1 aliphatic rings. The number of quaternary nitrogens is 1. The third-order valence-corrected chi connectivity index (χ3v) is 6.36. The standard InChI is InChI=1S/C23H25N5O2S/c24-19-15-20(29)26-23(25-19)31-16-21(30)27-11-13-28(14-12-27)22(17-7-3-1-4-8-17)18-9-5-2-6-10-18/h1-10,15,22H,11-14,16H2,(H3,24,25,26,29)/p+1. The van der Waals surface area contributed by atoms with Gasteiger partial charge in [-0.1, -0.05) is 72.4 Å². The lowest BCUT2D eigenvalue weighted by Crippen LogP contribution is -3.15. The van der Waals surface area contributed by atoms with Crippen molar-refractivity contribution in [3.05, 3.63) is 88.2 Å². The number of anilines is 1. The Bertz CT molecular complexity index is 1030. The summed E-state index contributed by atoms with van der Waals surface area (Å²) in [6.45, 7) is 3.15. The molecule has 1 amide bonds. The van der Waals surface area contributed by atoms with Gasteiger partial charge in [0, 0.05) is 17.2 Å². The van der Waals surface area contributed by atoms with Gasteiger partial charge in [-0.3, -0.25) is 9.59 Å². The molecule has 1 aromatic heterocycles. The molecule has 8 heteroatoms. The zero-order chi connectivity index (χ0) is 21.6. The second-order valence-corrected chi connectivity index (χ2v) is 8.52. The number of H-pyrrole nitrogens is 1. The molecule has 160 valence electrons. The maximum atomic E-state index is 12.7. The van der Waals surface area contributed by atoms with Crippen LogP contribution in [0.1, 0.15) is 17.2 Å². The van der Waals surface area contributed by atoms with Crippen LogP contribution in [0.5, 0.6) is 0 Å². The molecular formula is C23H26N5O2S+. The minimum absolute atomic E-state index is 0.0464. The van der Waals surface area contributed by atoms with Gasteiger partial charge in [-0.05, 0) is 0 Å². The molecule has 4 rings (SSSR count). The van der Waals surface area contributed by atoms with E-state index < -0.39 is 0 Å². The fraction of sp³-hybridized carbons (Fsp3) is 0.261. The lowest BCUT2D eigenvalue weighted by Gasteiger charge is -2.37. The number of piperazine rings is 1. The largest absolute Gasteiger partial charge is 0.383 e. The van der Waals surface area contributed by atoms with Crippen molar-refractivity contribution < 1.29 is 9.69 Å². The average Bonchev–Trinajstić information content (AvgIpc) is 2.79. The minimum Gasteiger partial charge on any atom is -0.383 e. The van der Waals surface area contributed by atoms with Gasteiger partial charge < -0.3 is 20.5 Å². The second kappa shape index (κ2) is 9.80. The number of nitrogens with one attached hydrogen (secondary N) is 2. The van der Waals surface area contributed by atoms with Crippen molar-refractivity contribution in [2.45, 2.75) is 11.2 Å². The molecule has 0 unspecified atom stereocenters. The van der Waals surface area contributed by atoms with Crippen LogP contribution in [0.3, 0.4) is 0 Å². The molecule has 2 aromatic carbocycles. The van der Waals surface area contributed by atoms with Crippen molar-refractivity contribution in [2.24, 2.45) is 0 Å². The smallest absolute Gasteiger partial charge is 0.253 e. The molecule has 7 nitrogen and oxygen atoms in total. The van der Waals surface area contributed by atoms with Gasteiger partial charge in [0.25, 0.3) is 5.56 Å². The SMILES string of the molecule is Nc1cc(=O)[nH]c(SCC(=O)N2CC[NH+](C(c3ccccc3)c3ccccc3)CC2)n1. The van der Waals surface area contributed by atoms with E-state index in [-0.39, 0.29) is 29.1 Å². The lowest BCUT2D eigenvalue weighted by atomic mass is 9.96. The molecule has 0 atom stereocenters. The maximum Gasteiger partial charge on any atom is 0.253 e. The van der Waals surface area contributed by atoms with Crippen molar-refractivity contribution in [3.63, 3.8) is 0 Å². The molecule has 3 aromatic rings. The maximum absolute atomic E-state index is 12.7. The highest BCUT2D eigenvalue weighted by Crippen LogP contribution is 2.19. The van der Waals surface area contributed by atoms with E-state index in [1.54, 1.807) is 0 Å². The van der Waals surface area contributed by atoms with E-state index in [4.69, 9.17) is 5.73 Å². The normalized spacial score (nSPS) is 14.7. The highest BCUT2D eigenvalue weighted by atomic mass is 32.2. The van der Waals surface area contributed by atoms with E-state index in [1.807, 2.05) is 17.0 Å². The number of hydrogen-bond acceptors (Lipinski definition) is 5. The zero-order valence-electron chi connectivity index (χ0n) is 17.2. The van der Waals surface area contributed by atoms with Crippen molar-refractivity contribution >= 4 is 23.5 Å². The molecule has 0 spiro atoms. The molecule has 0 radical (unpaired) electrons. The molecule has 1 aliphatic heterocycles. The van der Waals surface area contributed by atoms with Crippen LogP contribution in [0, 0.1) is 0 Å². The Balaban J connectivity index is 1.39. The molecule has 0 bridgehead atoms. The number of nitrogens with zero attached hydrogens (tertiary/aromatic N) is 2. The molecule has 31 heavy (non-hydrogen) atoms. The number of carbonyl (C=O) groups is 1. The van der Waals surface area contributed by atoms with Crippen LogP contribution >= 0.6 is 11.8 Å². The van der Waals surface area contributed by atoms with Crippen LogP contribution in [-0.4, -0.2) is 52.7 Å². The van der Waals surface area contributed by atoms with Crippen LogP contribution in [-0.2, 0) is 4.79 Å². The second-order valence-electron chi connectivity index (χ2n) is 7.56. The number of aromatic amines is 1. The fourth-order valence-electron chi connectivity index (χ4n) is 4.03. The summed E-state index contributed by atoms with van der Waals surface area (Å²) >= 11 is 1.21. The van der Waals surface area contributed by atoms with E-state index in [0.717, 1.165) is 13.1 Å². The van der Waals surface area contributed by atoms with E-state index >= 15 is 0 Å². The Morgan fingerprint density at radius 3 is 2.19 bits per heavy atom. The first-order chi connectivity index (χ1) is 15.1. The van der Waals surface area contributed by atoms with Crippen LogP contribution in [0.25, 0.3) is 0 Å². The Hall–Kier alpha value is -3.10. The van der Waals surface area contributed by atoms with Gasteiger partial charge in [-0.15, -0.1) is 0 Å². The number of hydrogen-bond donors (Lipinski definition) is 3. The monoisotopic (exact) mass is 436 g/mol. The van der Waals surface area contributed by atoms with Gasteiger partial charge in [-0.25, -0.2) is 4.98 Å². The number of thioether (sulfide) groups is 1. The predicted molar refractivity (Wildman–Crippen MR) is 122 cm³/mol. The van der Waals surface area contributed by atoms with Gasteiger partial charge in [0.05, 0.1) is 31.9 Å². The molecular weight excluding hydrogens is 410 g/mol. The first kappa shape index (κ1) is 21.1. The van der Waals surface area contributed by atoms with Gasteiger partial charge in [0.15, 0.2) is 5.16 Å². The summed E-state index contributed by atoms with van der Waals surface area (Å²) in [7, 11) is 0. The quantitative estimate of drug-likeness (QED) is 0.395. The van der Waals surface area contributed by atoms with Crippen LogP contribution in [0.2, 0.25) is 0 Å². The number of nitrogen functional groups attached to an aromatic ring is 1. The summed E-state index contributed by atoms with van der Waals surface area (Å²) in [5.41, 5.74) is 7.87. The molecule has 2 heterocycles. The third kappa shape index (κ3) is 5.34. The summed E-state index contributed by atoms with van der Waals surface area (Å²) in [5.74, 6) is 0.427. The molecule has 0 aliphatic carbocycles. The van der Waals surface area contributed by atoms with Gasteiger partial charge in [0.1, 0.15) is 11.9 Å². The van der Waals surface area contributed by atoms with Crippen molar-refractivity contribution in [1.29, 1.82) is 0 Å². The number of carbonyl (C=O) groups excluding carboxylic acids is 1. The van der Waals surface area contributed by atoms with Crippen LogP contribution in [0.4, 0.5) is 5.82 Å². The molecule has 0 saturated carbocycles. The molecule has 1 saturated heterocycles. The summed E-state index contributed by atoms with van der Waals surface area (Å²) in [5, 5.41) is 0.371. The van der Waals surface area contributed by atoms with Crippen molar-refractivity contribution in [1.82, 2.24) is 14.9 Å². The van der Waals surface area contributed by atoms with Crippen LogP contribution < -0.4 is 16.2 Å². The Morgan fingerprint density at radius 1 is 1.06 bits per heavy atom. The van der Waals surface area contributed by atoms with E-state index in [0.29, 0.717) is 18.2 Å². The Morgan fingerprint density at radius 2 is 1.65 bits per heavy atom. The molecule has 1 fully saturated rings. The predicted octanol–water partition coefficient (Wildman–Crippen LogP) is 0.961. The Kier molecular flexibility index (Phi) is 6.69. The summed E-state index contributed by atoms with van der Waals surface area (Å²) < 4.78 is 0. The van der Waals surface area contributed by atoms with E-state index in [1.165, 1.54) is 33.9 Å². The Labute approximate surface area is 185 Å². The molecule has 4 N–H and O–H groups in total. The third-order valence-electron chi connectivity index (χ3n) is 5.50. The van der Waals surface area contributed by atoms with Gasteiger partial charge in [0.2, 0.25) is 5.91 Å². The van der Waals surface area contributed by atoms with E-state index in [2.05, 4.69) is 58.5 Å². The summed E-state index contributed by atoms with van der Waals surface area (Å²) in [6.07, 6.45) is 0. The first-order valence-electron chi connectivity index (χ1n) is 10.3. The van der Waals surface area contributed by atoms with E-state index in [9.17, 15) is 9.59 Å². The van der Waals surface area contributed by atoms with Crippen LogP contribution in [0.15, 0.2) is 76.7 Å². The summed E-state index contributed by atoms with van der Waals surface area (Å²) in [4.78, 5) is 34.2. The first-order valence-corrected chi connectivity index (χ1v) is 11.3. The average molecular weight is 437 g/mol. The highest BCUT2D eigenvalue weighted by molar-refractivity contribution is 7.99. The minimum atomic E-state index is -0.312. The topological polar surface area (TPSA) is 96.5 Å². The number of rotatable bonds is 6. The van der Waals surface area contributed by atoms with Crippen molar-refractivity contribution in [2.75, 3.05) is 37.7 Å².